The highest BCUT2D eigenvalue weighted by atomic mass is 15.2. The van der Waals surface area contributed by atoms with Gasteiger partial charge in [0.05, 0.1) is 11.1 Å². The predicted octanol–water partition coefficient (Wildman–Crippen LogP) is 1.09. The van der Waals surface area contributed by atoms with E-state index in [0.717, 1.165) is 45.0 Å². The molecule has 2 rings (SSSR count). The highest BCUT2D eigenvalue weighted by Crippen LogP contribution is 2.14. The number of likely N-dealkylation sites (N-methyl/N-ethyl adjacent to an activating group) is 1. The summed E-state index contributed by atoms with van der Waals surface area (Å²) in [7, 11) is 2.15. The number of piperazine rings is 1. The number of nitrogens with one attached hydrogen (secondary N) is 1. The van der Waals surface area contributed by atoms with Crippen molar-refractivity contribution in [2.24, 2.45) is 0 Å². The lowest BCUT2D eigenvalue weighted by Crippen LogP contribution is -2.45. The van der Waals surface area contributed by atoms with Crippen LogP contribution in [0.3, 0.4) is 0 Å². The molecule has 0 bridgehead atoms. The second-order valence-electron chi connectivity index (χ2n) is 5.06. The van der Waals surface area contributed by atoms with Crippen molar-refractivity contribution in [3.8, 4) is 12.1 Å². The third kappa shape index (κ3) is 3.71. The first kappa shape index (κ1) is 14.3. The minimum absolute atomic E-state index is 0.428. The van der Waals surface area contributed by atoms with E-state index in [4.69, 9.17) is 10.5 Å². The topological polar surface area (TPSA) is 66.1 Å². The van der Waals surface area contributed by atoms with Gasteiger partial charge in [-0.25, -0.2) is 0 Å². The largest absolute Gasteiger partial charge is 0.384 e. The van der Waals surface area contributed by atoms with Crippen LogP contribution in [0.15, 0.2) is 18.2 Å². The van der Waals surface area contributed by atoms with Gasteiger partial charge in [0.2, 0.25) is 0 Å². The zero-order valence-electron chi connectivity index (χ0n) is 11.8. The number of hydrogen-bond donors (Lipinski definition) is 1. The fourth-order valence-electron chi connectivity index (χ4n) is 2.27. The molecule has 0 atom stereocenters. The van der Waals surface area contributed by atoms with Gasteiger partial charge < -0.3 is 10.2 Å². The van der Waals surface area contributed by atoms with E-state index in [2.05, 4.69) is 28.2 Å². The van der Waals surface area contributed by atoms with Crippen molar-refractivity contribution in [3.05, 3.63) is 29.3 Å². The molecule has 0 aromatic heterocycles. The molecule has 5 heteroatoms. The molecule has 1 heterocycles. The minimum atomic E-state index is 0.428. The standard InChI is InChI=1S/C15H19N5/c1-19-6-8-20(9-7-19)5-4-18-15-3-2-13(11-16)14(10-15)12-17/h2-3,10,18H,4-9H2,1H3. The number of benzene rings is 1. The Kier molecular flexibility index (Phi) is 4.95. The molecule has 0 amide bonds. The third-order valence-electron chi connectivity index (χ3n) is 3.61. The van der Waals surface area contributed by atoms with Crippen molar-refractivity contribution in [1.29, 1.82) is 10.5 Å². The number of rotatable bonds is 4. The number of nitriles is 2. The molecule has 1 aromatic carbocycles. The smallest absolute Gasteiger partial charge is 0.101 e. The van der Waals surface area contributed by atoms with Crippen LogP contribution in [0.5, 0.6) is 0 Å². The Morgan fingerprint density at radius 1 is 1.10 bits per heavy atom. The molecule has 5 nitrogen and oxygen atoms in total. The molecule has 1 fully saturated rings. The van der Waals surface area contributed by atoms with E-state index in [9.17, 15) is 0 Å². The molecule has 1 aliphatic heterocycles. The Morgan fingerprint density at radius 2 is 1.80 bits per heavy atom. The average molecular weight is 269 g/mol. The summed E-state index contributed by atoms with van der Waals surface area (Å²) in [5, 5.41) is 21.2. The van der Waals surface area contributed by atoms with E-state index in [1.54, 1.807) is 12.1 Å². The van der Waals surface area contributed by atoms with Gasteiger partial charge in [0.1, 0.15) is 12.1 Å². The Morgan fingerprint density at radius 3 is 2.45 bits per heavy atom. The molecule has 20 heavy (non-hydrogen) atoms. The summed E-state index contributed by atoms with van der Waals surface area (Å²) < 4.78 is 0. The van der Waals surface area contributed by atoms with Crippen LogP contribution in [-0.4, -0.2) is 56.1 Å². The fourth-order valence-corrected chi connectivity index (χ4v) is 2.27. The lowest BCUT2D eigenvalue weighted by Gasteiger charge is -2.32. The third-order valence-corrected chi connectivity index (χ3v) is 3.61. The van der Waals surface area contributed by atoms with Crippen molar-refractivity contribution < 1.29 is 0 Å². The molecule has 0 saturated carbocycles. The Balaban J connectivity index is 1.83. The summed E-state index contributed by atoms with van der Waals surface area (Å²) in [5.74, 6) is 0. The lowest BCUT2D eigenvalue weighted by molar-refractivity contribution is 0.158. The Hall–Kier alpha value is -2.08. The van der Waals surface area contributed by atoms with Crippen molar-refractivity contribution in [2.75, 3.05) is 51.6 Å². The quantitative estimate of drug-likeness (QED) is 0.886. The zero-order chi connectivity index (χ0) is 14.4. The predicted molar refractivity (Wildman–Crippen MR) is 78.3 cm³/mol. The maximum Gasteiger partial charge on any atom is 0.101 e. The zero-order valence-corrected chi connectivity index (χ0v) is 11.8. The molecule has 0 aliphatic carbocycles. The molecule has 0 radical (unpaired) electrons. The van der Waals surface area contributed by atoms with Crippen LogP contribution in [0.4, 0.5) is 5.69 Å². The van der Waals surface area contributed by atoms with Gasteiger partial charge in [0.15, 0.2) is 0 Å². The van der Waals surface area contributed by atoms with Crippen molar-refractivity contribution >= 4 is 5.69 Å². The summed E-state index contributed by atoms with van der Waals surface area (Å²) >= 11 is 0. The molecule has 0 unspecified atom stereocenters. The van der Waals surface area contributed by atoms with Crippen LogP contribution in [0, 0.1) is 22.7 Å². The first-order valence-corrected chi connectivity index (χ1v) is 6.82. The van der Waals surface area contributed by atoms with E-state index in [0.29, 0.717) is 11.1 Å². The molecule has 1 N–H and O–H groups in total. The van der Waals surface area contributed by atoms with E-state index in [1.807, 2.05) is 12.1 Å². The van der Waals surface area contributed by atoms with E-state index < -0.39 is 0 Å². The van der Waals surface area contributed by atoms with Gasteiger partial charge in [-0.05, 0) is 25.2 Å². The molecular formula is C15H19N5. The molecule has 1 saturated heterocycles. The van der Waals surface area contributed by atoms with Gasteiger partial charge >= 0.3 is 0 Å². The van der Waals surface area contributed by atoms with Gasteiger partial charge in [-0.2, -0.15) is 10.5 Å². The van der Waals surface area contributed by atoms with Crippen molar-refractivity contribution in [3.63, 3.8) is 0 Å². The first-order chi connectivity index (χ1) is 9.72. The minimum Gasteiger partial charge on any atom is -0.384 e. The molecular weight excluding hydrogens is 250 g/mol. The number of anilines is 1. The Bertz CT molecular complexity index is 532. The van der Waals surface area contributed by atoms with Gasteiger partial charge in [-0.15, -0.1) is 0 Å². The van der Waals surface area contributed by atoms with Crippen LogP contribution in [-0.2, 0) is 0 Å². The van der Waals surface area contributed by atoms with E-state index in [-0.39, 0.29) is 0 Å². The first-order valence-electron chi connectivity index (χ1n) is 6.82. The second kappa shape index (κ2) is 6.91. The monoisotopic (exact) mass is 269 g/mol. The molecule has 1 aromatic rings. The van der Waals surface area contributed by atoms with Gasteiger partial charge in [0, 0.05) is 45.0 Å². The number of hydrogen-bond acceptors (Lipinski definition) is 5. The number of nitrogens with zero attached hydrogens (tertiary/aromatic N) is 4. The summed E-state index contributed by atoms with van der Waals surface area (Å²) in [6, 6.07) is 9.36. The summed E-state index contributed by atoms with van der Waals surface area (Å²) in [4.78, 5) is 4.77. The van der Waals surface area contributed by atoms with Gasteiger partial charge in [0.25, 0.3) is 0 Å². The lowest BCUT2D eigenvalue weighted by atomic mass is 10.1. The van der Waals surface area contributed by atoms with Gasteiger partial charge in [-0.3, -0.25) is 4.90 Å². The van der Waals surface area contributed by atoms with Crippen molar-refractivity contribution in [1.82, 2.24) is 9.80 Å². The normalized spacial score (nSPS) is 16.4. The maximum absolute atomic E-state index is 8.99. The SMILES string of the molecule is CN1CCN(CCNc2ccc(C#N)c(C#N)c2)CC1. The maximum atomic E-state index is 8.99. The summed E-state index contributed by atoms with van der Waals surface area (Å²) in [6.45, 7) is 6.30. The van der Waals surface area contributed by atoms with Crippen LogP contribution in [0.25, 0.3) is 0 Å². The Labute approximate surface area is 120 Å². The van der Waals surface area contributed by atoms with E-state index in [1.165, 1.54) is 0 Å². The summed E-state index contributed by atoms with van der Waals surface area (Å²) in [6.07, 6.45) is 0. The van der Waals surface area contributed by atoms with Crippen LogP contribution in [0.2, 0.25) is 0 Å². The highest BCUT2D eigenvalue weighted by Gasteiger charge is 2.12. The van der Waals surface area contributed by atoms with Crippen LogP contribution in [0.1, 0.15) is 11.1 Å². The van der Waals surface area contributed by atoms with Crippen molar-refractivity contribution in [2.45, 2.75) is 0 Å². The van der Waals surface area contributed by atoms with Crippen LogP contribution < -0.4 is 5.32 Å². The van der Waals surface area contributed by atoms with Crippen LogP contribution >= 0.6 is 0 Å². The molecule has 1 aliphatic rings. The molecule has 104 valence electrons. The fraction of sp³-hybridized carbons (Fsp3) is 0.467. The summed E-state index contributed by atoms with van der Waals surface area (Å²) in [5.41, 5.74) is 1.75. The molecule has 0 spiro atoms. The second-order valence-corrected chi connectivity index (χ2v) is 5.06. The highest BCUT2D eigenvalue weighted by molar-refractivity contribution is 5.56. The van der Waals surface area contributed by atoms with E-state index >= 15 is 0 Å². The average Bonchev–Trinajstić information content (AvgIpc) is 2.49. The van der Waals surface area contributed by atoms with Gasteiger partial charge in [-0.1, -0.05) is 0 Å².